The summed E-state index contributed by atoms with van der Waals surface area (Å²) < 4.78 is 27.7. The first-order valence-corrected chi connectivity index (χ1v) is 10.7. The van der Waals surface area contributed by atoms with Gasteiger partial charge in [0.05, 0.1) is 24.5 Å². The normalized spacial score (nSPS) is 11.3. The second-order valence-electron chi connectivity index (χ2n) is 7.66. The Morgan fingerprint density at radius 2 is 1.91 bits per heavy atom. The fraction of sp³-hybridized carbons (Fsp3) is 0.111. The van der Waals surface area contributed by atoms with Crippen molar-refractivity contribution in [2.24, 2.45) is 9.98 Å². The van der Waals surface area contributed by atoms with Crippen molar-refractivity contribution in [2.75, 3.05) is 0 Å². The molecule has 2 heterocycles. The molecule has 0 aliphatic carbocycles. The molecule has 0 bridgehead atoms. The molecule has 34 heavy (non-hydrogen) atoms. The van der Waals surface area contributed by atoms with E-state index in [9.17, 15) is 8.78 Å². The Kier molecular flexibility index (Phi) is 7.13. The van der Waals surface area contributed by atoms with Crippen molar-refractivity contribution >= 4 is 18.2 Å². The zero-order valence-corrected chi connectivity index (χ0v) is 18.7. The number of pyridine rings is 2. The Morgan fingerprint density at radius 1 is 1.03 bits per heavy atom. The molecule has 0 spiro atoms. The van der Waals surface area contributed by atoms with E-state index in [1.54, 1.807) is 30.6 Å². The zero-order valence-electron chi connectivity index (χ0n) is 18.7. The molecule has 1 N–H and O–H groups in total. The van der Waals surface area contributed by atoms with Crippen LogP contribution in [0.2, 0.25) is 0 Å². The third-order valence-corrected chi connectivity index (χ3v) is 5.19. The molecule has 4 aromatic rings. The van der Waals surface area contributed by atoms with Gasteiger partial charge < -0.3 is 5.32 Å². The fourth-order valence-corrected chi connectivity index (χ4v) is 3.52. The molecule has 5 nitrogen and oxygen atoms in total. The standard InChI is InChI=1S/C27H23F2N5/c1-18-5-3-7-22(34-18)17-33-27(32-16-19-6-4-12-31-15-19)24-10-8-20(13-26(24)30-2)23-11-9-21(28)14-25(23)29/h3-15H,2,16-17H2,1H3,(H,32,33). The maximum absolute atomic E-state index is 14.3. The van der Waals surface area contributed by atoms with Gasteiger partial charge in [-0.3, -0.25) is 20.0 Å². The molecule has 0 fully saturated rings. The van der Waals surface area contributed by atoms with Crippen molar-refractivity contribution in [3.63, 3.8) is 0 Å². The lowest BCUT2D eigenvalue weighted by molar-refractivity contribution is 0.585. The number of aryl methyl sites for hydroxylation is 1. The maximum Gasteiger partial charge on any atom is 0.133 e. The Morgan fingerprint density at radius 3 is 2.65 bits per heavy atom. The van der Waals surface area contributed by atoms with E-state index in [4.69, 9.17) is 4.99 Å². The lowest BCUT2D eigenvalue weighted by atomic mass is 10.0. The van der Waals surface area contributed by atoms with Gasteiger partial charge in [-0.2, -0.15) is 0 Å². The number of halogens is 2. The number of aromatic nitrogens is 2. The first-order chi connectivity index (χ1) is 16.5. The molecule has 7 heteroatoms. The number of aliphatic imine (C=N–C) groups is 2. The van der Waals surface area contributed by atoms with Crippen LogP contribution in [0.3, 0.4) is 0 Å². The highest BCUT2D eigenvalue weighted by Crippen LogP contribution is 2.30. The van der Waals surface area contributed by atoms with E-state index in [0.29, 0.717) is 35.7 Å². The molecular formula is C27H23F2N5. The van der Waals surface area contributed by atoms with Gasteiger partial charge in [0.2, 0.25) is 0 Å². The minimum Gasteiger partial charge on any atom is -0.364 e. The number of nitrogens with one attached hydrogen (secondary N) is 1. The van der Waals surface area contributed by atoms with E-state index in [0.717, 1.165) is 23.0 Å². The monoisotopic (exact) mass is 455 g/mol. The molecule has 4 rings (SSSR count). The summed E-state index contributed by atoms with van der Waals surface area (Å²) in [6.07, 6.45) is 3.47. The molecular weight excluding hydrogens is 432 g/mol. The Hall–Kier alpha value is -4.26. The molecule has 0 radical (unpaired) electrons. The van der Waals surface area contributed by atoms with Gasteiger partial charge in [-0.1, -0.05) is 18.2 Å². The summed E-state index contributed by atoms with van der Waals surface area (Å²) in [6, 6.07) is 18.4. The molecule has 170 valence electrons. The zero-order chi connectivity index (χ0) is 23.9. The van der Waals surface area contributed by atoms with Crippen LogP contribution >= 0.6 is 0 Å². The van der Waals surface area contributed by atoms with Crippen molar-refractivity contribution in [3.8, 4) is 11.1 Å². The van der Waals surface area contributed by atoms with Gasteiger partial charge in [-0.25, -0.2) is 8.78 Å². The molecule has 0 saturated carbocycles. The summed E-state index contributed by atoms with van der Waals surface area (Å²) in [5, 5.41) is 3.36. The van der Waals surface area contributed by atoms with Gasteiger partial charge >= 0.3 is 0 Å². The largest absolute Gasteiger partial charge is 0.364 e. The summed E-state index contributed by atoms with van der Waals surface area (Å²) in [5.74, 6) is -0.670. The minimum atomic E-state index is -0.642. The fourth-order valence-electron chi connectivity index (χ4n) is 3.52. The van der Waals surface area contributed by atoms with Crippen molar-refractivity contribution in [2.45, 2.75) is 20.0 Å². The van der Waals surface area contributed by atoms with Gasteiger partial charge in [0.1, 0.15) is 17.5 Å². The lowest BCUT2D eigenvalue weighted by Crippen LogP contribution is -2.25. The van der Waals surface area contributed by atoms with Crippen molar-refractivity contribution in [1.82, 2.24) is 15.3 Å². The van der Waals surface area contributed by atoms with Gasteiger partial charge in [-0.15, -0.1) is 0 Å². The minimum absolute atomic E-state index is 0.281. The number of amidine groups is 1. The summed E-state index contributed by atoms with van der Waals surface area (Å²) in [7, 11) is 0. The van der Waals surface area contributed by atoms with Crippen LogP contribution in [0.4, 0.5) is 14.5 Å². The van der Waals surface area contributed by atoms with Gasteiger partial charge in [0.15, 0.2) is 0 Å². The molecule has 0 unspecified atom stereocenters. The van der Waals surface area contributed by atoms with Crippen LogP contribution in [0.1, 0.15) is 22.5 Å². The van der Waals surface area contributed by atoms with E-state index >= 15 is 0 Å². The van der Waals surface area contributed by atoms with E-state index in [1.807, 2.05) is 37.3 Å². The van der Waals surface area contributed by atoms with Crippen molar-refractivity contribution in [1.29, 1.82) is 0 Å². The SMILES string of the molecule is C=Nc1cc(-c2ccc(F)cc2F)ccc1C(=NCc1cccnc1)NCc1cccc(C)n1. The van der Waals surface area contributed by atoms with Crippen LogP contribution < -0.4 is 5.32 Å². The van der Waals surface area contributed by atoms with Gasteiger partial charge in [0.25, 0.3) is 0 Å². The predicted molar refractivity (Wildman–Crippen MR) is 131 cm³/mol. The average Bonchev–Trinajstić information content (AvgIpc) is 2.85. The molecule has 0 aliphatic heterocycles. The smallest absolute Gasteiger partial charge is 0.133 e. The molecule has 0 aliphatic rings. The Labute approximate surface area is 197 Å². The highest BCUT2D eigenvalue weighted by atomic mass is 19.1. The lowest BCUT2D eigenvalue weighted by Gasteiger charge is -2.14. The second kappa shape index (κ2) is 10.6. The van der Waals surface area contributed by atoms with Crippen LogP contribution in [-0.4, -0.2) is 22.5 Å². The quantitative estimate of drug-likeness (QED) is 0.283. The third-order valence-electron chi connectivity index (χ3n) is 5.19. The van der Waals surface area contributed by atoms with Crippen LogP contribution in [0.25, 0.3) is 11.1 Å². The number of hydrogen-bond donors (Lipinski definition) is 1. The molecule has 0 atom stereocenters. The first kappa shape index (κ1) is 22.9. The molecule has 2 aromatic heterocycles. The number of hydrogen-bond acceptors (Lipinski definition) is 4. The number of benzene rings is 2. The summed E-state index contributed by atoms with van der Waals surface area (Å²) in [5.41, 5.74) is 4.82. The predicted octanol–water partition coefficient (Wildman–Crippen LogP) is 5.80. The second-order valence-corrected chi connectivity index (χ2v) is 7.66. The highest BCUT2D eigenvalue weighted by Gasteiger charge is 2.13. The van der Waals surface area contributed by atoms with E-state index < -0.39 is 11.6 Å². The molecule has 2 aromatic carbocycles. The summed E-state index contributed by atoms with van der Waals surface area (Å²) in [4.78, 5) is 17.6. The van der Waals surface area contributed by atoms with E-state index in [-0.39, 0.29) is 5.56 Å². The number of nitrogens with zero attached hydrogens (tertiary/aromatic N) is 4. The summed E-state index contributed by atoms with van der Waals surface area (Å²) in [6.45, 7) is 6.48. The highest BCUT2D eigenvalue weighted by molar-refractivity contribution is 6.03. The van der Waals surface area contributed by atoms with Crippen LogP contribution in [0.5, 0.6) is 0 Å². The molecule has 0 saturated heterocycles. The van der Waals surface area contributed by atoms with E-state index in [2.05, 4.69) is 27.0 Å². The van der Waals surface area contributed by atoms with E-state index in [1.165, 1.54) is 12.1 Å². The van der Waals surface area contributed by atoms with Crippen LogP contribution in [-0.2, 0) is 13.1 Å². The van der Waals surface area contributed by atoms with Crippen molar-refractivity contribution < 1.29 is 8.78 Å². The molecule has 0 amide bonds. The Balaban J connectivity index is 1.69. The maximum atomic E-state index is 14.3. The van der Waals surface area contributed by atoms with Gasteiger partial charge in [-0.05, 0) is 67.2 Å². The average molecular weight is 456 g/mol. The van der Waals surface area contributed by atoms with Crippen molar-refractivity contribution in [3.05, 3.63) is 113 Å². The van der Waals surface area contributed by atoms with Crippen LogP contribution in [0, 0.1) is 18.6 Å². The third kappa shape index (κ3) is 5.56. The topological polar surface area (TPSA) is 62.5 Å². The van der Waals surface area contributed by atoms with Crippen LogP contribution in [0.15, 0.2) is 89.1 Å². The number of rotatable bonds is 7. The van der Waals surface area contributed by atoms with Gasteiger partial charge in [0, 0.05) is 35.3 Å². The first-order valence-electron chi connectivity index (χ1n) is 10.7. The Bertz CT molecular complexity index is 1340. The summed E-state index contributed by atoms with van der Waals surface area (Å²) >= 11 is 0.